The number of hydrogen-bond acceptors (Lipinski definition) is 3. The second kappa shape index (κ2) is 4.45. The summed E-state index contributed by atoms with van der Waals surface area (Å²) in [5.74, 6) is 1.65. The van der Waals surface area contributed by atoms with Gasteiger partial charge in [0, 0.05) is 24.9 Å². The Kier molecular flexibility index (Phi) is 3.19. The highest BCUT2D eigenvalue weighted by Crippen LogP contribution is 2.27. The molecule has 0 bridgehead atoms. The van der Waals surface area contributed by atoms with E-state index in [0.29, 0.717) is 30.6 Å². The van der Waals surface area contributed by atoms with Crippen LogP contribution in [0.4, 0.5) is 5.88 Å². The zero-order valence-corrected chi connectivity index (χ0v) is 10.2. The van der Waals surface area contributed by atoms with Gasteiger partial charge in [-0.1, -0.05) is 19.0 Å². The minimum absolute atomic E-state index is 0.0668. The number of aromatic nitrogens is 1. The molecule has 0 aromatic carbocycles. The maximum atomic E-state index is 11.7. The molecule has 1 aliphatic heterocycles. The third-order valence-corrected chi connectivity index (χ3v) is 3.23. The predicted octanol–water partition coefficient (Wildman–Crippen LogP) is 2.39. The Morgan fingerprint density at radius 1 is 1.69 bits per heavy atom. The summed E-state index contributed by atoms with van der Waals surface area (Å²) in [6.07, 6.45) is 0.501. The van der Waals surface area contributed by atoms with Crippen LogP contribution >= 0.6 is 11.6 Å². The lowest BCUT2D eigenvalue weighted by Gasteiger charge is -2.10. The van der Waals surface area contributed by atoms with E-state index in [1.54, 1.807) is 4.90 Å². The van der Waals surface area contributed by atoms with Gasteiger partial charge in [0.1, 0.15) is 0 Å². The van der Waals surface area contributed by atoms with Gasteiger partial charge in [0.2, 0.25) is 11.8 Å². The van der Waals surface area contributed by atoms with Crippen molar-refractivity contribution >= 4 is 23.4 Å². The second-order valence-electron chi connectivity index (χ2n) is 4.47. The first-order valence-electron chi connectivity index (χ1n) is 5.44. The molecule has 1 amide bonds. The SMILES string of the molecule is CC(C)c1cc(N2CC(CCl)CC2=O)on1. The molecular weight excluding hydrogens is 228 g/mol. The van der Waals surface area contributed by atoms with Gasteiger partial charge in [-0.3, -0.25) is 9.69 Å². The molecule has 1 atom stereocenters. The first kappa shape index (κ1) is 11.5. The molecular formula is C11H15ClN2O2. The number of carbonyl (C=O) groups excluding carboxylic acids is 1. The van der Waals surface area contributed by atoms with E-state index in [9.17, 15) is 4.79 Å². The summed E-state index contributed by atoms with van der Waals surface area (Å²) in [7, 11) is 0. The van der Waals surface area contributed by atoms with Crippen LogP contribution in [0.1, 0.15) is 31.9 Å². The molecule has 0 aliphatic carbocycles. The van der Waals surface area contributed by atoms with E-state index in [0.717, 1.165) is 5.69 Å². The molecule has 1 saturated heterocycles. The van der Waals surface area contributed by atoms with Gasteiger partial charge >= 0.3 is 0 Å². The van der Waals surface area contributed by atoms with E-state index in [-0.39, 0.29) is 11.8 Å². The fraction of sp³-hybridized carbons (Fsp3) is 0.636. The standard InChI is InChI=1S/C11H15ClN2O2/c1-7(2)9-4-11(16-13-9)14-6-8(5-12)3-10(14)15/h4,7-8H,3,5-6H2,1-2H3. The first-order valence-corrected chi connectivity index (χ1v) is 5.98. The van der Waals surface area contributed by atoms with Crippen molar-refractivity contribution in [2.75, 3.05) is 17.3 Å². The highest BCUT2D eigenvalue weighted by atomic mass is 35.5. The van der Waals surface area contributed by atoms with Crippen molar-refractivity contribution in [1.82, 2.24) is 5.16 Å². The molecule has 4 nitrogen and oxygen atoms in total. The topological polar surface area (TPSA) is 46.3 Å². The Labute approximate surface area is 99.5 Å². The zero-order chi connectivity index (χ0) is 11.7. The summed E-state index contributed by atoms with van der Waals surface area (Å²) in [6, 6.07) is 1.83. The largest absolute Gasteiger partial charge is 0.338 e. The first-order chi connectivity index (χ1) is 7.61. The van der Waals surface area contributed by atoms with E-state index < -0.39 is 0 Å². The van der Waals surface area contributed by atoms with Crippen molar-refractivity contribution in [3.05, 3.63) is 11.8 Å². The third kappa shape index (κ3) is 2.07. The van der Waals surface area contributed by atoms with Crippen LogP contribution in [0.25, 0.3) is 0 Å². The normalized spacial score (nSPS) is 21.1. The molecule has 5 heteroatoms. The fourth-order valence-corrected chi connectivity index (χ4v) is 1.98. The summed E-state index contributed by atoms with van der Waals surface area (Å²) < 4.78 is 5.19. The molecule has 1 aliphatic rings. The second-order valence-corrected chi connectivity index (χ2v) is 4.78. The molecule has 0 N–H and O–H groups in total. The van der Waals surface area contributed by atoms with Crippen molar-refractivity contribution < 1.29 is 9.32 Å². The highest BCUT2D eigenvalue weighted by Gasteiger charge is 2.32. The molecule has 1 aromatic heterocycles. The van der Waals surface area contributed by atoms with Crippen molar-refractivity contribution in [1.29, 1.82) is 0 Å². The Hall–Kier alpha value is -1.03. The lowest BCUT2D eigenvalue weighted by Crippen LogP contribution is -2.24. The van der Waals surface area contributed by atoms with Crippen LogP contribution in [0.3, 0.4) is 0 Å². The Morgan fingerprint density at radius 3 is 2.94 bits per heavy atom. The van der Waals surface area contributed by atoms with E-state index in [1.165, 1.54) is 0 Å². The van der Waals surface area contributed by atoms with Gasteiger partial charge in [-0.25, -0.2) is 0 Å². The molecule has 2 heterocycles. The van der Waals surface area contributed by atoms with E-state index in [1.807, 2.05) is 19.9 Å². The summed E-state index contributed by atoms with van der Waals surface area (Å²) >= 11 is 5.76. The van der Waals surface area contributed by atoms with Crippen molar-refractivity contribution in [3.63, 3.8) is 0 Å². The quantitative estimate of drug-likeness (QED) is 0.765. The lowest BCUT2D eigenvalue weighted by atomic mass is 10.1. The average molecular weight is 243 g/mol. The maximum Gasteiger partial charge on any atom is 0.234 e. The van der Waals surface area contributed by atoms with Crippen LogP contribution in [-0.4, -0.2) is 23.5 Å². The number of anilines is 1. The monoisotopic (exact) mass is 242 g/mol. The van der Waals surface area contributed by atoms with Gasteiger partial charge in [-0.05, 0) is 11.8 Å². The van der Waals surface area contributed by atoms with Crippen molar-refractivity contribution in [2.24, 2.45) is 5.92 Å². The van der Waals surface area contributed by atoms with Crippen LogP contribution in [-0.2, 0) is 4.79 Å². The average Bonchev–Trinajstić information content (AvgIpc) is 2.83. The van der Waals surface area contributed by atoms with Gasteiger partial charge in [0.05, 0.1) is 5.69 Å². The van der Waals surface area contributed by atoms with Crippen molar-refractivity contribution in [3.8, 4) is 0 Å². The number of halogens is 1. The van der Waals surface area contributed by atoms with Gasteiger partial charge in [-0.15, -0.1) is 11.6 Å². The molecule has 0 spiro atoms. The van der Waals surface area contributed by atoms with Gasteiger partial charge < -0.3 is 4.52 Å². The molecule has 0 saturated carbocycles. The van der Waals surface area contributed by atoms with Gasteiger partial charge in [0.25, 0.3) is 0 Å². The molecule has 88 valence electrons. The summed E-state index contributed by atoms with van der Waals surface area (Å²) in [6.45, 7) is 4.71. The van der Waals surface area contributed by atoms with Gasteiger partial charge in [-0.2, -0.15) is 0 Å². The zero-order valence-electron chi connectivity index (χ0n) is 9.44. The van der Waals surface area contributed by atoms with Crippen LogP contribution in [0.15, 0.2) is 10.6 Å². The van der Waals surface area contributed by atoms with Crippen molar-refractivity contribution in [2.45, 2.75) is 26.2 Å². The van der Waals surface area contributed by atoms with Crippen LogP contribution < -0.4 is 4.90 Å². The summed E-state index contributed by atoms with van der Waals surface area (Å²) in [5.41, 5.74) is 0.872. The molecule has 1 unspecified atom stereocenters. The molecule has 1 aromatic rings. The van der Waals surface area contributed by atoms with E-state index >= 15 is 0 Å². The van der Waals surface area contributed by atoms with Crippen LogP contribution in [0.5, 0.6) is 0 Å². The Bertz CT molecular complexity index is 389. The lowest BCUT2D eigenvalue weighted by molar-refractivity contribution is -0.117. The number of alkyl halides is 1. The third-order valence-electron chi connectivity index (χ3n) is 2.80. The highest BCUT2D eigenvalue weighted by molar-refractivity contribution is 6.18. The number of rotatable bonds is 3. The Balaban J connectivity index is 2.15. The van der Waals surface area contributed by atoms with Crippen LogP contribution in [0, 0.1) is 5.92 Å². The number of amides is 1. The molecule has 2 rings (SSSR count). The smallest absolute Gasteiger partial charge is 0.234 e. The maximum absolute atomic E-state index is 11.7. The number of hydrogen-bond donors (Lipinski definition) is 0. The molecule has 0 radical (unpaired) electrons. The summed E-state index contributed by atoms with van der Waals surface area (Å²) in [4.78, 5) is 13.3. The van der Waals surface area contributed by atoms with E-state index in [4.69, 9.17) is 16.1 Å². The summed E-state index contributed by atoms with van der Waals surface area (Å²) in [5, 5.41) is 3.94. The predicted molar refractivity (Wildman–Crippen MR) is 61.8 cm³/mol. The number of carbonyl (C=O) groups is 1. The minimum atomic E-state index is 0.0668. The van der Waals surface area contributed by atoms with E-state index in [2.05, 4.69) is 5.16 Å². The Morgan fingerprint density at radius 2 is 2.44 bits per heavy atom. The molecule has 16 heavy (non-hydrogen) atoms. The van der Waals surface area contributed by atoms with Crippen LogP contribution in [0.2, 0.25) is 0 Å². The minimum Gasteiger partial charge on any atom is -0.338 e. The fourth-order valence-electron chi connectivity index (χ4n) is 1.78. The number of nitrogens with zero attached hydrogens (tertiary/aromatic N) is 2. The van der Waals surface area contributed by atoms with Gasteiger partial charge in [0.15, 0.2) is 0 Å². The molecule has 1 fully saturated rings.